The van der Waals surface area contributed by atoms with Gasteiger partial charge in [-0.2, -0.15) is 0 Å². The highest BCUT2D eigenvalue weighted by molar-refractivity contribution is 7.14. The van der Waals surface area contributed by atoms with Crippen molar-refractivity contribution in [3.63, 3.8) is 0 Å². The van der Waals surface area contributed by atoms with E-state index < -0.39 is 11.9 Å². The normalized spacial score (nSPS) is 11.7. The van der Waals surface area contributed by atoms with Gasteiger partial charge in [-0.3, -0.25) is 9.59 Å². The summed E-state index contributed by atoms with van der Waals surface area (Å²) >= 11 is 13.3. The fourth-order valence-electron chi connectivity index (χ4n) is 2.55. The largest absolute Gasteiger partial charge is 0.340 e. The summed E-state index contributed by atoms with van der Waals surface area (Å²) in [6.07, 6.45) is 0. The molecule has 8 heteroatoms. The number of rotatable bonds is 5. The zero-order valence-electron chi connectivity index (χ0n) is 15.1. The zero-order valence-corrected chi connectivity index (χ0v) is 17.5. The minimum atomic E-state index is -0.784. The van der Waals surface area contributed by atoms with Gasteiger partial charge in [0.1, 0.15) is 6.04 Å². The molecule has 0 aliphatic carbocycles. The second kappa shape index (κ2) is 8.73. The van der Waals surface area contributed by atoms with E-state index >= 15 is 0 Å². The molecule has 2 amide bonds. The van der Waals surface area contributed by atoms with Crippen LogP contribution in [0.1, 0.15) is 22.8 Å². The van der Waals surface area contributed by atoms with Crippen LogP contribution in [0.15, 0.2) is 47.8 Å². The van der Waals surface area contributed by atoms with Gasteiger partial charge in [0.2, 0.25) is 5.91 Å². The van der Waals surface area contributed by atoms with E-state index in [2.05, 4.69) is 15.6 Å². The van der Waals surface area contributed by atoms with E-state index in [1.807, 2.05) is 36.6 Å². The molecule has 2 N–H and O–H groups in total. The number of carbonyl (C=O) groups excluding carboxylic acids is 2. The van der Waals surface area contributed by atoms with Crippen molar-refractivity contribution < 1.29 is 9.59 Å². The molecule has 1 atom stereocenters. The Morgan fingerprint density at radius 3 is 2.61 bits per heavy atom. The molecule has 144 valence electrons. The van der Waals surface area contributed by atoms with Crippen LogP contribution in [0.4, 0.5) is 5.13 Å². The van der Waals surface area contributed by atoms with Crippen molar-refractivity contribution in [2.75, 3.05) is 5.32 Å². The topological polar surface area (TPSA) is 71.1 Å². The van der Waals surface area contributed by atoms with Gasteiger partial charge >= 0.3 is 0 Å². The predicted octanol–water partition coefficient (Wildman–Crippen LogP) is 5.18. The minimum absolute atomic E-state index is 0.150. The Balaban J connectivity index is 1.66. The number of hydrogen-bond donors (Lipinski definition) is 2. The van der Waals surface area contributed by atoms with Gasteiger partial charge in [-0.1, -0.05) is 53.5 Å². The molecule has 0 spiro atoms. The molecule has 3 aromatic rings. The number of anilines is 1. The fraction of sp³-hybridized carbons (Fsp3) is 0.150. The first-order valence-corrected chi connectivity index (χ1v) is 10.1. The summed E-state index contributed by atoms with van der Waals surface area (Å²) in [5, 5.41) is 8.11. The summed E-state index contributed by atoms with van der Waals surface area (Å²) in [6.45, 7) is 3.59. The van der Waals surface area contributed by atoms with Crippen LogP contribution in [0.5, 0.6) is 0 Å². The van der Waals surface area contributed by atoms with Gasteiger partial charge in [-0.15, -0.1) is 11.3 Å². The van der Waals surface area contributed by atoms with Crippen LogP contribution < -0.4 is 10.6 Å². The molecule has 2 aromatic carbocycles. The number of aromatic nitrogens is 1. The number of aryl methyl sites for hydroxylation is 1. The summed E-state index contributed by atoms with van der Waals surface area (Å²) in [4.78, 5) is 29.3. The smallest absolute Gasteiger partial charge is 0.253 e. The van der Waals surface area contributed by atoms with Crippen molar-refractivity contribution >= 4 is 51.5 Å². The number of hydrogen-bond acceptors (Lipinski definition) is 4. The van der Waals surface area contributed by atoms with Crippen LogP contribution in [0.25, 0.3) is 11.3 Å². The Morgan fingerprint density at radius 1 is 1.11 bits per heavy atom. The Morgan fingerprint density at radius 2 is 1.86 bits per heavy atom. The quantitative estimate of drug-likeness (QED) is 0.581. The molecule has 3 rings (SSSR count). The lowest BCUT2D eigenvalue weighted by atomic mass is 10.1. The average Bonchev–Trinajstić information content (AvgIpc) is 3.12. The third kappa shape index (κ3) is 4.52. The third-order valence-corrected chi connectivity index (χ3v) is 5.67. The van der Waals surface area contributed by atoms with Crippen molar-refractivity contribution in [1.82, 2.24) is 10.3 Å². The molecule has 1 aromatic heterocycles. The minimum Gasteiger partial charge on any atom is -0.340 e. The Hall–Kier alpha value is -2.41. The number of thiazole rings is 1. The van der Waals surface area contributed by atoms with Crippen LogP contribution in [-0.4, -0.2) is 22.8 Å². The molecular formula is C20H17Cl2N3O2S. The van der Waals surface area contributed by atoms with Crippen molar-refractivity contribution in [1.29, 1.82) is 0 Å². The maximum atomic E-state index is 12.4. The van der Waals surface area contributed by atoms with Gasteiger partial charge in [0.05, 0.1) is 21.3 Å². The monoisotopic (exact) mass is 433 g/mol. The lowest BCUT2D eigenvalue weighted by Gasteiger charge is -2.14. The first kappa shape index (κ1) is 20.3. The molecule has 1 heterocycles. The average molecular weight is 434 g/mol. The van der Waals surface area contributed by atoms with E-state index in [0.29, 0.717) is 5.13 Å². The standard InChI is InChI=1S/C20H17Cl2N3O2S/c1-11-6-3-4-7-13(11)16-10-28-20(24-16)25-18(26)12(2)23-19(27)14-8-5-9-15(21)17(14)22/h3-10,12H,1-2H3,(H,23,27)(H,24,25,26). The molecule has 0 bridgehead atoms. The van der Waals surface area contributed by atoms with Gasteiger partial charge in [0.25, 0.3) is 5.91 Å². The summed E-state index contributed by atoms with van der Waals surface area (Å²) in [5.74, 6) is -0.855. The highest BCUT2D eigenvalue weighted by Gasteiger charge is 2.20. The number of nitrogens with one attached hydrogen (secondary N) is 2. The number of benzene rings is 2. The lowest BCUT2D eigenvalue weighted by Crippen LogP contribution is -2.41. The van der Waals surface area contributed by atoms with E-state index in [0.717, 1.165) is 16.8 Å². The van der Waals surface area contributed by atoms with Gasteiger partial charge in [-0.05, 0) is 31.5 Å². The Labute approximate surface area is 176 Å². The molecule has 5 nitrogen and oxygen atoms in total. The number of nitrogens with zero attached hydrogens (tertiary/aromatic N) is 1. The molecule has 0 aliphatic rings. The van der Waals surface area contributed by atoms with Crippen LogP contribution in [0.2, 0.25) is 10.0 Å². The first-order valence-electron chi connectivity index (χ1n) is 8.44. The van der Waals surface area contributed by atoms with Gasteiger partial charge in [-0.25, -0.2) is 4.98 Å². The molecule has 0 fully saturated rings. The van der Waals surface area contributed by atoms with Gasteiger partial charge in [0, 0.05) is 10.9 Å². The first-order chi connectivity index (χ1) is 13.4. The van der Waals surface area contributed by atoms with Crippen molar-refractivity contribution in [2.24, 2.45) is 0 Å². The zero-order chi connectivity index (χ0) is 20.3. The van der Waals surface area contributed by atoms with E-state index in [1.54, 1.807) is 25.1 Å². The van der Waals surface area contributed by atoms with E-state index in [4.69, 9.17) is 23.2 Å². The molecule has 0 saturated heterocycles. The maximum absolute atomic E-state index is 12.4. The second-order valence-corrected chi connectivity index (χ2v) is 7.78. The van der Waals surface area contributed by atoms with Gasteiger partial charge < -0.3 is 10.6 Å². The van der Waals surface area contributed by atoms with Crippen LogP contribution >= 0.6 is 34.5 Å². The van der Waals surface area contributed by atoms with Crippen molar-refractivity contribution in [2.45, 2.75) is 19.9 Å². The molecule has 28 heavy (non-hydrogen) atoms. The Kier molecular flexibility index (Phi) is 6.34. The van der Waals surface area contributed by atoms with Crippen LogP contribution in [0, 0.1) is 6.92 Å². The summed E-state index contributed by atoms with van der Waals surface area (Å²) in [6, 6.07) is 11.9. The van der Waals surface area contributed by atoms with E-state index in [1.165, 1.54) is 11.3 Å². The highest BCUT2D eigenvalue weighted by atomic mass is 35.5. The summed E-state index contributed by atoms with van der Waals surface area (Å²) in [7, 11) is 0. The highest BCUT2D eigenvalue weighted by Crippen LogP contribution is 2.27. The molecule has 0 aliphatic heterocycles. The Bertz CT molecular complexity index is 1040. The third-order valence-electron chi connectivity index (χ3n) is 4.09. The van der Waals surface area contributed by atoms with E-state index in [9.17, 15) is 9.59 Å². The van der Waals surface area contributed by atoms with Crippen LogP contribution in [0.3, 0.4) is 0 Å². The maximum Gasteiger partial charge on any atom is 0.253 e. The molecular weight excluding hydrogens is 417 g/mol. The summed E-state index contributed by atoms with van der Waals surface area (Å²) in [5.41, 5.74) is 3.12. The number of carbonyl (C=O) groups is 2. The van der Waals surface area contributed by atoms with Crippen LogP contribution in [-0.2, 0) is 4.79 Å². The fourth-order valence-corrected chi connectivity index (χ4v) is 3.65. The number of halogens is 2. The molecule has 1 unspecified atom stereocenters. The van der Waals surface area contributed by atoms with Crippen molar-refractivity contribution in [3.05, 3.63) is 69.0 Å². The number of amides is 2. The second-order valence-electron chi connectivity index (χ2n) is 6.14. The van der Waals surface area contributed by atoms with Crippen molar-refractivity contribution in [3.8, 4) is 11.3 Å². The molecule has 0 saturated carbocycles. The lowest BCUT2D eigenvalue weighted by molar-refractivity contribution is -0.117. The van der Waals surface area contributed by atoms with E-state index in [-0.39, 0.29) is 21.5 Å². The predicted molar refractivity (Wildman–Crippen MR) is 114 cm³/mol. The summed E-state index contributed by atoms with van der Waals surface area (Å²) < 4.78 is 0. The van der Waals surface area contributed by atoms with Gasteiger partial charge in [0.15, 0.2) is 5.13 Å². The molecule has 0 radical (unpaired) electrons. The SMILES string of the molecule is Cc1ccccc1-c1csc(NC(=O)C(C)NC(=O)c2cccc(Cl)c2Cl)n1.